The summed E-state index contributed by atoms with van der Waals surface area (Å²) in [5, 5.41) is 22.2. The van der Waals surface area contributed by atoms with Crippen LogP contribution in [-0.2, 0) is 0 Å². The van der Waals surface area contributed by atoms with E-state index in [2.05, 4.69) is 5.32 Å². The summed E-state index contributed by atoms with van der Waals surface area (Å²) in [6, 6.07) is 7.44. The van der Waals surface area contributed by atoms with Gasteiger partial charge in [-0.25, -0.2) is 4.79 Å². The number of nitrogens with zero attached hydrogens (tertiary/aromatic N) is 1. The number of nitro groups is 1. The first-order valence-electron chi connectivity index (χ1n) is 6.50. The number of nitro benzene ring substituents is 1. The summed E-state index contributed by atoms with van der Waals surface area (Å²) in [5.41, 5.74) is 0.0488. The minimum absolute atomic E-state index is 0.0171. The fourth-order valence-electron chi connectivity index (χ4n) is 1.91. The molecule has 124 valence electrons. The molecule has 1 amide bonds. The molecule has 0 saturated heterocycles. The lowest BCUT2D eigenvalue weighted by molar-refractivity contribution is -0.384. The van der Waals surface area contributed by atoms with Gasteiger partial charge in [0.1, 0.15) is 11.3 Å². The van der Waals surface area contributed by atoms with Crippen LogP contribution < -0.4 is 10.1 Å². The molecule has 2 N–H and O–H groups in total. The lowest BCUT2D eigenvalue weighted by atomic mass is 10.1. The number of methoxy groups -OCH3 is 1. The molecule has 2 rings (SSSR count). The Morgan fingerprint density at radius 1 is 1.25 bits per heavy atom. The Kier molecular flexibility index (Phi) is 5.00. The zero-order valence-corrected chi connectivity index (χ0v) is 13.0. The number of non-ortho nitro benzene ring substituents is 1. The number of hydrogen-bond donors (Lipinski definition) is 2. The van der Waals surface area contributed by atoms with Gasteiger partial charge in [-0.15, -0.1) is 0 Å². The van der Waals surface area contributed by atoms with E-state index in [-0.39, 0.29) is 33.3 Å². The van der Waals surface area contributed by atoms with Crippen LogP contribution in [-0.4, -0.2) is 29.0 Å². The topological polar surface area (TPSA) is 119 Å². The summed E-state index contributed by atoms with van der Waals surface area (Å²) < 4.78 is 4.97. The third kappa shape index (κ3) is 3.61. The van der Waals surface area contributed by atoms with Crippen LogP contribution in [0, 0.1) is 10.1 Å². The van der Waals surface area contributed by atoms with Gasteiger partial charge in [0.25, 0.3) is 11.6 Å². The Bertz CT molecular complexity index is 819. The van der Waals surface area contributed by atoms with Crippen molar-refractivity contribution in [2.24, 2.45) is 0 Å². The molecule has 0 aliphatic rings. The van der Waals surface area contributed by atoms with Crippen LogP contribution in [0.2, 0.25) is 5.02 Å². The lowest BCUT2D eigenvalue weighted by Gasteiger charge is -2.11. The zero-order valence-electron chi connectivity index (χ0n) is 12.3. The van der Waals surface area contributed by atoms with E-state index >= 15 is 0 Å². The van der Waals surface area contributed by atoms with Crippen molar-refractivity contribution in [3.63, 3.8) is 0 Å². The normalized spacial score (nSPS) is 10.1. The molecule has 0 fully saturated rings. The van der Waals surface area contributed by atoms with Gasteiger partial charge in [0.05, 0.1) is 22.7 Å². The van der Waals surface area contributed by atoms with E-state index in [4.69, 9.17) is 21.4 Å². The quantitative estimate of drug-likeness (QED) is 0.631. The summed E-state index contributed by atoms with van der Waals surface area (Å²) >= 11 is 5.98. The Hall–Kier alpha value is -3.13. The Morgan fingerprint density at radius 2 is 1.88 bits per heavy atom. The summed E-state index contributed by atoms with van der Waals surface area (Å²) in [6.45, 7) is 0. The van der Waals surface area contributed by atoms with Crippen molar-refractivity contribution in [1.29, 1.82) is 0 Å². The van der Waals surface area contributed by atoms with Crippen molar-refractivity contribution in [2.45, 2.75) is 0 Å². The van der Waals surface area contributed by atoms with Gasteiger partial charge in [0.15, 0.2) is 0 Å². The number of rotatable bonds is 5. The second kappa shape index (κ2) is 6.97. The van der Waals surface area contributed by atoms with Crippen molar-refractivity contribution in [3.05, 3.63) is 62.7 Å². The van der Waals surface area contributed by atoms with Gasteiger partial charge >= 0.3 is 5.97 Å². The first-order valence-corrected chi connectivity index (χ1v) is 6.88. The molecule has 0 heterocycles. The maximum atomic E-state index is 12.2. The second-order valence-corrected chi connectivity index (χ2v) is 5.00. The lowest BCUT2D eigenvalue weighted by Crippen LogP contribution is -2.13. The standard InChI is InChI=1S/C15H11ClN2O6/c1-24-13-7-12(11(16)6-10(13)15(20)21)17-14(19)8-2-4-9(5-3-8)18(22)23/h2-7H,1H3,(H,17,19)(H,20,21). The van der Waals surface area contributed by atoms with E-state index in [1.807, 2.05) is 0 Å². The highest BCUT2D eigenvalue weighted by molar-refractivity contribution is 6.34. The highest BCUT2D eigenvalue weighted by atomic mass is 35.5. The Morgan fingerprint density at radius 3 is 2.38 bits per heavy atom. The Balaban J connectivity index is 2.28. The molecule has 9 heteroatoms. The van der Waals surface area contributed by atoms with E-state index in [0.717, 1.165) is 6.07 Å². The van der Waals surface area contributed by atoms with Crippen LogP contribution in [0.25, 0.3) is 0 Å². The van der Waals surface area contributed by atoms with E-state index in [0.29, 0.717) is 0 Å². The number of carbonyl (C=O) groups is 2. The van der Waals surface area contributed by atoms with Crippen molar-refractivity contribution >= 4 is 34.9 Å². The van der Waals surface area contributed by atoms with Gasteiger partial charge in [-0.05, 0) is 18.2 Å². The van der Waals surface area contributed by atoms with Crippen molar-refractivity contribution in [3.8, 4) is 5.75 Å². The third-order valence-electron chi connectivity index (χ3n) is 3.11. The monoisotopic (exact) mass is 350 g/mol. The van der Waals surface area contributed by atoms with Crippen LogP contribution in [0.5, 0.6) is 5.75 Å². The number of amides is 1. The summed E-state index contributed by atoms with van der Waals surface area (Å²) in [6.07, 6.45) is 0. The smallest absolute Gasteiger partial charge is 0.339 e. The van der Waals surface area contributed by atoms with Gasteiger partial charge in [-0.2, -0.15) is 0 Å². The molecule has 0 bridgehead atoms. The van der Waals surface area contributed by atoms with Crippen LogP contribution in [0.3, 0.4) is 0 Å². The maximum Gasteiger partial charge on any atom is 0.339 e. The highest BCUT2D eigenvalue weighted by Gasteiger charge is 2.17. The number of carbonyl (C=O) groups excluding carboxylic acids is 1. The molecule has 0 aromatic heterocycles. The average molecular weight is 351 g/mol. The number of halogens is 1. The summed E-state index contributed by atoms with van der Waals surface area (Å²) in [5.74, 6) is -1.75. The minimum Gasteiger partial charge on any atom is -0.496 e. The van der Waals surface area contributed by atoms with E-state index in [9.17, 15) is 19.7 Å². The largest absolute Gasteiger partial charge is 0.496 e. The summed E-state index contributed by atoms with van der Waals surface area (Å²) in [7, 11) is 1.29. The van der Waals surface area contributed by atoms with E-state index in [1.165, 1.54) is 37.4 Å². The second-order valence-electron chi connectivity index (χ2n) is 4.60. The number of anilines is 1. The molecule has 0 saturated carbocycles. The van der Waals surface area contributed by atoms with Crippen molar-refractivity contribution in [1.82, 2.24) is 0 Å². The van der Waals surface area contributed by atoms with Crippen LogP contribution in [0.1, 0.15) is 20.7 Å². The number of ether oxygens (including phenoxy) is 1. The molecule has 8 nitrogen and oxygen atoms in total. The van der Waals surface area contributed by atoms with Crippen molar-refractivity contribution < 1.29 is 24.4 Å². The molecule has 2 aromatic rings. The predicted octanol–water partition coefficient (Wildman–Crippen LogP) is 3.21. The molecule has 2 aromatic carbocycles. The zero-order chi connectivity index (χ0) is 17.9. The fraction of sp³-hybridized carbons (Fsp3) is 0.0667. The first kappa shape index (κ1) is 17.2. The highest BCUT2D eigenvalue weighted by Crippen LogP contribution is 2.31. The molecule has 24 heavy (non-hydrogen) atoms. The maximum absolute atomic E-state index is 12.2. The van der Waals surface area contributed by atoms with E-state index in [1.54, 1.807) is 0 Å². The van der Waals surface area contributed by atoms with Gasteiger partial charge < -0.3 is 15.2 Å². The molecule has 0 unspecified atom stereocenters. The van der Waals surface area contributed by atoms with E-state index < -0.39 is 16.8 Å². The minimum atomic E-state index is -1.22. The number of hydrogen-bond acceptors (Lipinski definition) is 5. The number of carboxylic acid groups (broad SMARTS) is 1. The fourth-order valence-corrected chi connectivity index (χ4v) is 2.13. The van der Waals surface area contributed by atoms with Crippen LogP contribution >= 0.6 is 11.6 Å². The summed E-state index contributed by atoms with van der Waals surface area (Å²) in [4.78, 5) is 33.3. The third-order valence-corrected chi connectivity index (χ3v) is 3.42. The molecule has 0 aliphatic carbocycles. The van der Waals surface area contributed by atoms with Gasteiger partial charge in [-0.1, -0.05) is 11.6 Å². The Labute approximate surface area is 140 Å². The molecular formula is C15H11ClN2O6. The first-order chi connectivity index (χ1) is 11.3. The van der Waals surface area contributed by atoms with Gasteiger partial charge in [-0.3, -0.25) is 14.9 Å². The van der Waals surface area contributed by atoms with Crippen molar-refractivity contribution in [2.75, 3.05) is 12.4 Å². The number of carboxylic acids is 1. The number of benzene rings is 2. The van der Waals surface area contributed by atoms with Gasteiger partial charge in [0.2, 0.25) is 0 Å². The molecule has 0 spiro atoms. The predicted molar refractivity (Wildman–Crippen MR) is 86.0 cm³/mol. The number of nitrogens with one attached hydrogen (secondary N) is 1. The van der Waals surface area contributed by atoms with Gasteiger partial charge in [0, 0.05) is 23.8 Å². The molecular weight excluding hydrogens is 340 g/mol. The molecule has 0 radical (unpaired) electrons. The SMILES string of the molecule is COc1cc(NC(=O)c2ccc([N+](=O)[O-])cc2)c(Cl)cc1C(=O)O. The van der Waals surface area contributed by atoms with Crippen LogP contribution in [0.4, 0.5) is 11.4 Å². The molecule has 0 atom stereocenters. The average Bonchev–Trinajstić information content (AvgIpc) is 2.56. The van der Waals surface area contributed by atoms with Crippen LogP contribution in [0.15, 0.2) is 36.4 Å². The number of aromatic carboxylic acids is 1. The molecule has 0 aliphatic heterocycles.